The van der Waals surface area contributed by atoms with E-state index in [1.54, 1.807) is 13.8 Å². The van der Waals surface area contributed by atoms with Gasteiger partial charge >= 0.3 is 11.9 Å². The summed E-state index contributed by atoms with van der Waals surface area (Å²) in [5.74, 6) is -5.00. The first-order chi connectivity index (χ1) is 15.5. The Morgan fingerprint density at radius 3 is 2.00 bits per heavy atom. The Kier molecular flexibility index (Phi) is 15.1. The van der Waals surface area contributed by atoms with Crippen LogP contribution in [0.1, 0.15) is 52.4 Å². The Bertz CT molecular complexity index is 679. The lowest BCUT2D eigenvalue weighted by atomic mass is 9.97. The topological polar surface area (TPSA) is 214 Å². The van der Waals surface area contributed by atoms with E-state index in [0.29, 0.717) is 32.2 Å². The average molecular weight is 492 g/mol. The van der Waals surface area contributed by atoms with Crippen LogP contribution in [0.5, 0.6) is 0 Å². The third-order valence-corrected chi connectivity index (χ3v) is 5.54. The standard InChI is InChI=1S/C20H37N5O7S/c1-3-11(2)16(19(30)23-13(20(31)32)7-8-15(26)27)25-18(29)14(10-33)24-17(28)12(22)6-4-5-9-21/h11-14,16,33H,3-10,21-22H2,1-2H3,(H,23,30)(H,24,28)(H,25,29)(H,26,27)(H,31,32). The normalized spacial score (nSPS) is 15.4. The van der Waals surface area contributed by atoms with Crippen molar-refractivity contribution >= 4 is 42.3 Å². The molecule has 0 aromatic heterocycles. The molecule has 0 aromatic carbocycles. The molecule has 13 heteroatoms. The number of amides is 3. The minimum atomic E-state index is -1.43. The molecule has 0 aliphatic heterocycles. The van der Waals surface area contributed by atoms with Gasteiger partial charge in [0.1, 0.15) is 18.1 Å². The van der Waals surface area contributed by atoms with E-state index in [-0.39, 0.29) is 18.1 Å². The molecule has 0 rings (SSSR count). The van der Waals surface area contributed by atoms with Gasteiger partial charge < -0.3 is 37.6 Å². The number of carboxylic acids is 2. The Balaban J connectivity index is 5.23. The molecule has 3 amide bonds. The summed E-state index contributed by atoms with van der Waals surface area (Å²) in [5, 5.41) is 25.4. The van der Waals surface area contributed by atoms with Crippen molar-refractivity contribution in [2.75, 3.05) is 12.3 Å². The fourth-order valence-electron chi connectivity index (χ4n) is 2.86. The molecule has 0 aliphatic carbocycles. The van der Waals surface area contributed by atoms with Crippen molar-refractivity contribution in [1.82, 2.24) is 16.0 Å². The molecule has 9 N–H and O–H groups in total. The van der Waals surface area contributed by atoms with Crippen LogP contribution in [0.15, 0.2) is 0 Å². The van der Waals surface area contributed by atoms with E-state index in [1.807, 2.05) is 0 Å². The molecule has 5 atom stereocenters. The highest BCUT2D eigenvalue weighted by atomic mass is 32.1. The summed E-state index contributed by atoms with van der Waals surface area (Å²) in [7, 11) is 0. The Hall–Kier alpha value is -2.38. The summed E-state index contributed by atoms with van der Waals surface area (Å²) >= 11 is 4.10. The molecule has 0 bridgehead atoms. The second-order valence-corrected chi connectivity index (χ2v) is 8.20. The molecular weight excluding hydrogens is 454 g/mol. The van der Waals surface area contributed by atoms with Crippen LogP contribution >= 0.6 is 12.6 Å². The fraction of sp³-hybridized carbons (Fsp3) is 0.750. The quantitative estimate of drug-likeness (QED) is 0.0906. The number of nitrogens with two attached hydrogens (primary N) is 2. The molecule has 0 spiro atoms. The lowest BCUT2D eigenvalue weighted by molar-refractivity contribution is -0.143. The highest BCUT2D eigenvalue weighted by Crippen LogP contribution is 2.10. The van der Waals surface area contributed by atoms with Crippen LogP contribution in [-0.2, 0) is 24.0 Å². The molecule has 190 valence electrons. The summed E-state index contributed by atoms with van der Waals surface area (Å²) in [6.07, 6.45) is 1.49. The minimum Gasteiger partial charge on any atom is -0.481 e. The van der Waals surface area contributed by atoms with Gasteiger partial charge in [-0.25, -0.2) is 4.79 Å². The van der Waals surface area contributed by atoms with Gasteiger partial charge in [-0.05, 0) is 31.7 Å². The number of rotatable bonds is 17. The number of carbonyl (C=O) groups excluding carboxylic acids is 3. The Morgan fingerprint density at radius 2 is 1.52 bits per heavy atom. The second-order valence-electron chi connectivity index (χ2n) is 7.84. The summed E-state index contributed by atoms with van der Waals surface area (Å²) in [4.78, 5) is 59.9. The van der Waals surface area contributed by atoms with Gasteiger partial charge in [-0.1, -0.05) is 26.7 Å². The van der Waals surface area contributed by atoms with Crippen molar-refractivity contribution in [3.8, 4) is 0 Å². The molecule has 5 unspecified atom stereocenters. The van der Waals surface area contributed by atoms with Crippen LogP contribution < -0.4 is 27.4 Å². The predicted octanol–water partition coefficient (Wildman–Crippen LogP) is -1.18. The minimum absolute atomic E-state index is 0.0572. The number of hydrogen-bond acceptors (Lipinski definition) is 8. The van der Waals surface area contributed by atoms with Crippen LogP contribution in [0.2, 0.25) is 0 Å². The van der Waals surface area contributed by atoms with Gasteiger partial charge in [0.05, 0.1) is 6.04 Å². The van der Waals surface area contributed by atoms with E-state index in [9.17, 15) is 29.1 Å². The van der Waals surface area contributed by atoms with Crippen molar-refractivity contribution in [2.24, 2.45) is 17.4 Å². The molecule has 0 radical (unpaired) electrons. The SMILES string of the molecule is CCC(C)C(NC(=O)C(CS)NC(=O)C(N)CCCCN)C(=O)NC(CCC(=O)O)C(=O)O. The van der Waals surface area contributed by atoms with Crippen molar-refractivity contribution in [3.05, 3.63) is 0 Å². The van der Waals surface area contributed by atoms with Crippen LogP contribution in [0.25, 0.3) is 0 Å². The smallest absolute Gasteiger partial charge is 0.326 e. The van der Waals surface area contributed by atoms with Crippen LogP contribution in [0.4, 0.5) is 0 Å². The summed E-state index contributed by atoms with van der Waals surface area (Å²) in [6, 6.07) is -4.43. The van der Waals surface area contributed by atoms with Gasteiger partial charge in [0.2, 0.25) is 17.7 Å². The van der Waals surface area contributed by atoms with E-state index in [4.69, 9.17) is 16.6 Å². The van der Waals surface area contributed by atoms with Crippen molar-refractivity contribution in [3.63, 3.8) is 0 Å². The first kappa shape index (κ1) is 30.6. The second kappa shape index (κ2) is 16.3. The summed E-state index contributed by atoms with van der Waals surface area (Å²) < 4.78 is 0. The predicted molar refractivity (Wildman–Crippen MR) is 124 cm³/mol. The zero-order valence-corrected chi connectivity index (χ0v) is 20.0. The number of aliphatic carboxylic acids is 2. The number of thiol groups is 1. The van der Waals surface area contributed by atoms with Gasteiger partial charge in [-0.15, -0.1) is 0 Å². The zero-order chi connectivity index (χ0) is 25.6. The molecule has 0 fully saturated rings. The molecular formula is C20H37N5O7S. The largest absolute Gasteiger partial charge is 0.481 e. The van der Waals surface area contributed by atoms with E-state index in [1.165, 1.54) is 0 Å². The lowest BCUT2D eigenvalue weighted by Crippen LogP contribution is -2.59. The van der Waals surface area contributed by atoms with Crippen molar-refractivity contribution in [2.45, 2.75) is 76.5 Å². The van der Waals surface area contributed by atoms with Crippen LogP contribution in [0, 0.1) is 5.92 Å². The van der Waals surface area contributed by atoms with Crippen molar-refractivity contribution in [1.29, 1.82) is 0 Å². The monoisotopic (exact) mass is 491 g/mol. The maximum atomic E-state index is 12.8. The van der Waals surface area contributed by atoms with E-state index in [0.717, 1.165) is 0 Å². The highest BCUT2D eigenvalue weighted by Gasteiger charge is 2.32. The number of unbranched alkanes of at least 4 members (excludes halogenated alkanes) is 1. The van der Waals surface area contributed by atoms with Crippen LogP contribution in [0.3, 0.4) is 0 Å². The molecule has 12 nitrogen and oxygen atoms in total. The number of hydrogen-bond donors (Lipinski definition) is 8. The molecule has 0 aliphatic rings. The Labute approximate surface area is 199 Å². The number of carboxylic acid groups (broad SMARTS) is 2. The van der Waals surface area contributed by atoms with Gasteiger partial charge in [-0.3, -0.25) is 19.2 Å². The Morgan fingerprint density at radius 1 is 0.909 bits per heavy atom. The van der Waals surface area contributed by atoms with E-state index < -0.39 is 60.2 Å². The highest BCUT2D eigenvalue weighted by molar-refractivity contribution is 7.80. The van der Waals surface area contributed by atoms with Gasteiger partial charge in [-0.2, -0.15) is 12.6 Å². The number of carbonyl (C=O) groups is 5. The third kappa shape index (κ3) is 11.9. The van der Waals surface area contributed by atoms with Gasteiger partial charge in [0.15, 0.2) is 0 Å². The van der Waals surface area contributed by atoms with E-state index in [2.05, 4.69) is 28.6 Å². The number of nitrogens with one attached hydrogen (secondary N) is 3. The summed E-state index contributed by atoms with van der Waals surface area (Å²) in [6.45, 7) is 3.96. The first-order valence-electron chi connectivity index (χ1n) is 10.9. The maximum Gasteiger partial charge on any atom is 0.326 e. The molecule has 33 heavy (non-hydrogen) atoms. The van der Waals surface area contributed by atoms with E-state index >= 15 is 0 Å². The molecule has 0 saturated heterocycles. The molecule has 0 saturated carbocycles. The van der Waals surface area contributed by atoms with Crippen LogP contribution in [-0.4, -0.2) is 76.3 Å². The fourth-order valence-corrected chi connectivity index (χ4v) is 3.11. The first-order valence-corrected chi connectivity index (χ1v) is 11.5. The van der Waals surface area contributed by atoms with Crippen molar-refractivity contribution < 1.29 is 34.2 Å². The maximum absolute atomic E-state index is 12.8. The molecule has 0 aromatic rings. The van der Waals surface area contributed by atoms with Gasteiger partial charge in [0, 0.05) is 12.2 Å². The lowest BCUT2D eigenvalue weighted by Gasteiger charge is -2.27. The third-order valence-electron chi connectivity index (χ3n) is 5.18. The zero-order valence-electron chi connectivity index (χ0n) is 19.1. The molecule has 0 heterocycles. The van der Waals surface area contributed by atoms with Gasteiger partial charge in [0.25, 0.3) is 0 Å². The average Bonchev–Trinajstić information content (AvgIpc) is 2.76. The summed E-state index contributed by atoms with van der Waals surface area (Å²) in [5.41, 5.74) is 11.3.